The highest BCUT2D eigenvalue weighted by Gasteiger charge is 2.59. The first-order valence-corrected chi connectivity index (χ1v) is 29.3. The van der Waals surface area contributed by atoms with Crippen molar-refractivity contribution in [1.29, 1.82) is 0 Å². The molecule has 3 nitrogen and oxygen atoms in total. The van der Waals surface area contributed by atoms with Gasteiger partial charge in [-0.15, -0.1) is 0 Å². The van der Waals surface area contributed by atoms with Gasteiger partial charge in [-0.1, -0.05) is 201 Å². The van der Waals surface area contributed by atoms with Crippen LogP contribution in [0.15, 0.2) is 152 Å². The van der Waals surface area contributed by atoms with Crippen LogP contribution in [0, 0.1) is 0 Å². The summed E-state index contributed by atoms with van der Waals surface area (Å²) in [5.41, 5.74) is 29.4. The molecule has 1 saturated carbocycles. The van der Waals surface area contributed by atoms with Gasteiger partial charge < -0.3 is 14.7 Å². The van der Waals surface area contributed by atoms with E-state index in [9.17, 15) is 0 Å². The monoisotopic (exact) mass is 1020 g/mol. The Balaban J connectivity index is 1.15. The number of benzene rings is 8. The van der Waals surface area contributed by atoms with Crippen LogP contribution in [0.2, 0.25) is 0 Å². The summed E-state index contributed by atoms with van der Waals surface area (Å²) in [6, 6.07) is 61.8. The Kier molecular flexibility index (Phi) is 10.1. The molecule has 8 aromatic carbocycles. The number of hydrogen-bond acceptors (Lipinski definition) is 3. The van der Waals surface area contributed by atoms with Gasteiger partial charge in [0.1, 0.15) is 0 Å². The summed E-state index contributed by atoms with van der Waals surface area (Å²) in [5, 5.41) is 0. The molecule has 1 fully saturated rings. The number of nitrogens with zero attached hydrogens (tertiary/aromatic N) is 3. The van der Waals surface area contributed by atoms with Crippen molar-refractivity contribution >= 4 is 68.6 Å². The van der Waals surface area contributed by atoms with Crippen LogP contribution in [0.4, 0.5) is 45.5 Å². The smallest absolute Gasteiger partial charge is 0.252 e. The number of rotatable bonds is 1. The van der Waals surface area contributed by atoms with E-state index < -0.39 is 0 Å². The largest absolute Gasteiger partial charge is 0.334 e. The van der Waals surface area contributed by atoms with E-state index in [1.807, 2.05) is 0 Å². The van der Waals surface area contributed by atoms with Crippen LogP contribution in [-0.2, 0) is 32.5 Å². The van der Waals surface area contributed by atoms with Gasteiger partial charge >= 0.3 is 0 Å². The lowest BCUT2D eigenvalue weighted by molar-refractivity contribution is 0.195. The summed E-state index contributed by atoms with van der Waals surface area (Å²) in [6.07, 6.45) is 4.69. The van der Waals surface area contributed by atoms with E-state index in [2.05, 4.69) is 270 Å². The molecule has 2 unspecified atom stereocenters. The maximum atomic E-state index is 2.89. The molecule has 2 atom stereocenters. The molecule has 6 aliphatic rings. The Morgan fingerprint density at radius 1 is 0.397 bits per heavy atom. The van der Waals surface area contributed by atoms with E-state index in [4.69, 9.17) is 0 Å². The normalized spacial score (nSPS) is 20.8. The van der Waals surface area contributed by atoms with Crippen molar-refractivity contribution < 1.29 is 0 Å². The summed E-state index contributed by atoms with van der Waals surface area (Å²) >= 11 is 0. The summed E-state index contributed by atoms with van der Waals surface area (Å²) in [7, 11) is 0. The van der Waals surface area contributed by atoms with Crippen molar-refractivity contribution in [2.45, 2.75) is 168 Å². The minimum atomic E-state index is -0.357. The van der Waals surface area contributed by atoms with Crippen molar-refractivity contribution in [3.8, 4) is 22.3 Å². The second-order valence-electron chi connectivity index (χ2n) is 29.1. The first-order chi connectivity index (χ1) is 36.8. The van der Waals surface area contributed by atoms with E-state index in [0.29, 0.717) is 0 Å². The molecule has 10 bridgehead atoms. The van der Waals surface area contributed by atoms with Gasteiger partial charge in [0.2, 0.25) is 0 Å². The molecule has 4 heteroatoms. The lowest BCUT2D eigenvalue weighted by Gasteiger charge is -2.51. The van der Waals surface area contributed by atoms with Gasteiger partial charge in [0, 0.05) is 61.6 Å². The number of fused-ring (bicyclic) bond motifs is 20. The van der Waals surface area contributed by atoms with Crippen LogP contribution in [0.1, 0.15) is 174 Å². The third kappa shape index (κ3) is 6.77. The van der Waals surface area contributed by atoms with E-state index in [0.717, 1.165) is 12.8 Å². The summed E-state index contributed by atoms with van der Waals surface area (Å²) in [6.45, 7) is 36.2. The Morgan fingerprint density at radius 3 is 1.69 bits per heavy atom. The third-order valence-corrected chi connectivity index (χ3v) is 20.7. The third-order valence-electron chi connectivity index (χ3n) is 20.7. The number of hydrogen-bond donors (Lipinski definition) is 0. The van der Waals surface area contributed by atoms with Gasteiger partial charge in [0.05, 0.1) is 11.2 Å². The highest BCUT2D eigenvalue weighted by molar-refractivity contribution is 7.00. The summed E-state index contributed by atoms with van der Waals surface area (Å²) in [5.74, 6) is 0. The molecule has 0 aromatic heterocycles. The molecule has 0 N–H and O–H groups in total. The van der Waals surface area contributed by atoms with Crippen LogP contribution in [0.3, 0.4) is 0 Å². The van der Waals surface area contributed by atoms with Crippen LogP contribution in [-0.4, -0.2) is 12.3 Å². The first-order valence-electron chi connectivity index (χ1n) is 29.3. The lowest BCUT2D eigenvalue weighted by atomic mass is 9.33. The molecule has 14 rings (SSSR count). The minimum absolute atomic E-state index is 0.00134. The fourth-order valence-corrected chi connectivity index (χ4v) is 15.4. The van der Waals surface area contributed by atoms with Crippen molar-refractivity contribution in [3.63, 3.8) is 0 Å². The maximum Gasteiger partial charge on any atom is 0.252 e. The maximum absolute atomic E-state index is 2.89. The van der Waals surface area contributed by atoms with E-state index in [-0.39, 0.29) is 44.7 Å². The topological polar surface area (TPSA) is 9.72 Å². The van der Waals surface area contributed by atoms with Crippen LogP contribution >= 0.6 is 0 Å². The zero-order valence-corrected chi connectivity index (χ0v) is 49.2. The Hall–Kier alpha value is -6.78. The zero-order chi connectivity index (χ0) is 54.6. The van der Waals surface area contributed by atoms with E-state index in [1.54, 1.807) is 0 Å². The Bertz CT molecular complexity index is 3870. The number of anilines is 8. The molecule has 392 valence electrons. The molecular formula is C74H78BN3. The molecule has 78 heavy (non-hydrogen) atoms. The van der Waals surface area contributed by atoms with Crippen LogP contribution in [0.25, 0.3) is 22.3 Å². The minimum Gasteiger partial charge on any atom is -0.334 e. The molecule has 8 aromatic rings. The van der Waals surface area contributed by atoms with Gasteiger partial charge in [0.25, 0.3) is 6.71 Å². The predicted molar refractivity (Wildman–Crippen MR) is 334 cm³/mol. The van der Waals surface area contributed by atoms with E-state index in [1.165, 1.54) is 141 Å². The van der Waals surface area contributed by atoms with E-state index >= 15 is 0 Å². The van der Waals surface area contributed by atoms with Crippen molar-refractivity contribution in [3.05, 3.63) is 196 Å². The Labute approximate surface area is 466 Å². The molecule has 0 radical (unpaired) electrons. The standard InChI is InChI=1S/C74H78BN3/c1-68(2,3)47-26-24-45(25-27-47)55-43-58-62-44-57(55)72(12,13)51-22-19-23-53(37-51)76-63-39-49(70(7,8)9)28-31-59(63)75-60-32-29-52-40-64(60)77(66-42-54(41-65(76)67(66)75)78(62)74(15)35-17-16-34-73(58,74)14)61-33-30-48(69(4,5)6)38-56(61)46-20-18-21-50(36-46)71(52,10)11/h18-33,36-44H,16-17,34-35H2,1-15H3. The highest BCUT2D eigenvalue weighted by atomic mass is 15.3. The molecule has 0 spiro atoms. The summed E-state index contributed by atoms with van der Waals surface area (Å²) < 4.78 is 0. The first kappa shape index (κ1) is 49.5. The Morgan fingerprint density at radius 2 is 0.987 bits per heavy atom. The quantitative estimate of drug-likeness (QED) is 0.152. The molecule has 0 saturated heterocycles. The lowest BCUT2D eigenvalue weighted by Crippen LogP contribution is -2.61. The molecule has 1 aliphatic carbocycles. The summed E-state index contributed by atoms with van der Waals surface area (Å²) in [4.78, 5) is 8.31. The van der Waals surface area contributed by atoms with Gasteiger partial charge in [-0.3, -0.25) is 0 Å². The van der Waals surface area contributed by atoms with Gasteiger partial charge in [-0.2, -0.15) is 0 Å². The molecule has 5 aliphatic heterocycles. The average molecular weight is 1020 g/mol. The fourth-order valence-electron chi connectivity index (χ4n) is 15.4. The van der Waals surface area contributed by atoms with Crippen molar-refractivity contribution in [2.75, 3.05) is 14.7 Å². The second kappa shape index (κ2) is 16.0. The van der Waals surface area contributed by atoms with Crippen LogP contribution in [0.5, 0.6) is 0 Å². The van der Waals surface area contributed by atoms with Gasteiger partial charge in [0.15, 0.2) is 0 Å². The van der Waals surface area contributed by atoms with Gasteiger partial charge in [-0.25, -0.2) is 0 Å². The van der Waals surface area contributed by atoms with Crippen LogP contribution < -0.4 is 31.1 Å². The van der Waals surface area contributed by atoms with Crippen molar-refractivity contribution in [1.82, 2.24) is 0 Å². The second-order valence-corrected chi connectivity index (χ2v) is 29.1. The highest BCUT2D eigenvalue weighted by Crippen LogP contribution is 2.64. The average Bonchev–Trinajstić information content (AvgIpc) is 2.33. The molecular weight excluding hydrogens is 942 g/mol. The zero-order valence-electron chi connectivity index (χ0n) is 49.2. The van der Waals surface area contributed by atoms with Crippen molar-refractivity contribution in [2.24, 2.45) is 0 Å². The fraction of sp³-hybridized carbons (Fsp3) is 0.351. The van der Waals surface area contributed by atoms with Gasteiger partial charge in [-0.05, 0) is 174 Å². The SMILES string of the molecule is CC(C)(C)c1ccc(-c2cc3c4cc2C(C)(C)c2cccc(c2)N2c5cc(C(C)(C)C)ccc5B5c6ccc7cc6N(c6ccc(C(C)(C)C)cc6-c6cccc(c6)C7(C)C)c6cc(cc2c65)N4C2(C)CCCCC32C)cc1. The molecule has 5 heterocycles. The predicted octanol–water partition coefficient (Wildman–Crippen LogP) is 18.0. The molecule has 0 amide bonds.